The average molecular weight is 281 g/mol. The Kier molecular flexibility index (Phi) is 2.39. The molecule has 1 saturated carbocycles. The van der Waals surface area contributed by atoms with Crippen LogP contribution in [0.2, 0.25) is 0 Å². The van der Waals surface area contributed by atoms with Crippen molar-refractivity contribution in [2.24, 2.45) is 0 Å². The van der Waals surface area contributed by atoms with Crippen molar-refractivity contribution in [3.05, 3.63) is 42.0 Å². The lowest BCUT2D eigenvalue weighted by atomic mass is 9.86. The van der Waals surface area contributed by atoms with Gasteiger partial charge in [0.15, 0.2) is 0 Å². The molecule has 2 aliphatic rings. The molecule has 2 heterocycles. The van der Waals surface area contributed by atoms with Crippen LogP contribution in [0.15, 0.2) is 30.7 Å². The molecule has 1 aliphatic carbocycles. The lowest BCUT2D eigenvalue weighted by Crippen LogP contribution is -2.33. The first-order chi connectivity index (χ1) is 9.98. The number of carbonyl (C=O) groups is 1. The summed E-state index contributed by atoms with van der Waals surface area (Å²) in [5.74, 6) is 0.808. The van der Waals surface area contributed by atoms with Crippen molar-refractivity contribution in [1.29, 1.82) is 0 Å². The Morgan fingerprint density at radius 1 is 1.29 bits per heavy atom. The summed E-state index contributed by atoms with van der Waals surface area (Å²) in [5.41, 5.74) is 3.91. The zero-order valence-electron chi connectivity index (χ0n) is 12.6. The lowest BCUT2D eigenvalue weighted by molar-refractivity contribution is -0.121. The Morgan fingerprint density at radius 3 is 2.76 bits per heavy atom. The molecular formula is C17H19N3O. The number of aromatic nitrogens is 2. The number of benzene rings is 1. The molecule has 0 atom stereocenters. The molecule has 0 unspecified atom stereocenters. The van der Waals surface area contributed by atoms with Crippen molar-refractivity contribution in [3.8, 4) is 5.69 Å². The molecule has 1 aliphatic heterocycles. The number of hydrogen-bond donors (Lipinski definition) is 0. The highest BCUT2D eigenvalue weighted by Crippen LogP contribution is 2.42. The van der Waals surface area contributed by atoms with Gasteiger partial charge in [-0.25, -0.2) is 4.98 Å². The third-order valence-electron chi connectivity index (χ3n) is 4.75. The first kappa shape index (κ1) is 12.6. The van der Waals surface area contributed by atoms with Gasteiger partial charge in [0, 0.05) is 30.5 Å². The van der Waals surface area contributed by atoms with E-state index in [-0.39, 0.29) is 5.91 Å². The minimum Gasteiger partial charge on any atom is -0.314 e. The molecule has 0 saturated heterocycles. The molecule has 0 bridgehead atoms. The Morgan fingerprint density at radius 2 is 2.05 bits per heavy atom. The molecule has 1 fully saturated rings. The van der Waals surface area contributed by atoms with Crippen LogP contribution in [0.1, 0.15) is 43.9 Å². The molecule has 0 radical (unpaired) electrons. The predicted octanol–water partition coefficient (Wildman–Crippen LogP) is 3.00. The Labute approximate surface area is 124 Å². The van der Waals surface area contributed by atoms with Gasteiger partial charge in [0.25, 0.3) is 0 Å². The number of amides is 1. The van der Waals surface area contributed by atoms with Gasteiger partial charge in [-0.15, -0.1) is 0 Å². The van der Waals surface area contributed by atoms with Crippen LogP contribution in [0.4, 0.5) is 5.69 Å². The molecule has 1 aromatic heterocycles. The number of likely N-dealkylation sites (N-methyl/N-ethyl adjacent to an activating group) is 1. The summed E-state index contributed by atoms with van der Waals surface area (Å²) >= 11 is 0. The van der Waals surface area contributed by atoms with Crippen LogP contribution in [-0.2, 0) is 10.2 Å². The fourth-order valence-electron chi connectivity index (χ4n) is 3.20. The van der Waals surface area contributed by atoms with E-state index in [1.807, 2.05) is 27.2 Å². The van der Waals surface area contributed by atoms with Crippen LogP contribution in [0.25, 0.3) is 5.69 Å². The van der Waals surface area contributed by atoms with E-state index in [9.17, 15) is 4.79 Å². The molecule has 4 nitrogen and oxygen atoms in total. The monoisotopic (exact) mass is 281 g/mol. The number of imidazole rings is 1. The predicted molar refractivity (Wildman–Crippen MR) is 82.0 cm³/mol. The number of anilines is 1. The molecular weight excluding hydrogens is 262 g/mol. The van der Waals surface area contributed by atoms with Gasteiger partial charge in [-0.05, 0) is 44.4 Å². The largest absolute Gasteiger partial charge is 0.314 e. The van der Waals surface area contributed by atoms with Crippen LogP contribution in [0.5, 0.6) is 0 Å². The molecule has 108 valence electrons. The van der Waals surface area contributed by atoms with Crippen molar-refractivity contribution in [3.63, 3.8) is 0 Å². The number of hydrogen-bond acceptors (Lipinski definition) is 2. The molecule has 4 rings (SSSR count). The standard InChI is InChI=1S/C17H19N3O/c1-17(2)13-7-6-12(8-15(13)19(3)16(17)21)20-9-14(18-10-20)11-4-5-11/h6-11H,4-5H2,1-3H3. The Balaban J connectivity index is 1.77. The van der Waals surface area contributed by atoms with Gasteiger partial charge in [-0.3, -0.25) is 4.79 Å². The van der Waals surface area contributed by atoms with E-state index in [4.69, 9.17) is 0 Å². The van der Waals surface area contributed by atoms with Gasteiger partial charge in [0.05, 0.1) is 17.4 Å². The Hall–Kier alpha value is -2.10. The fourth-order valence-corrected chi connectivity index (χ4v) is 3.20. The SMILES string of the molecule is CN1C(=O)C(C)(C)c2ccc(-n3cnc(C4CC4)c3)cc21. The number of fused-ring (bicyclic) bond motifs is 1. The summed E-state index contributed by atoms with van der Waals surface area (Å²) in [6.07, 6.45) is 6.50. The normalized spacial score (nSPS) is 20.0. The van der Waals surface area contributed by atoms with Gasteiger partial charge < -0.3 is 9.47 Å². The third kappa shape index (κ3) is 1.75. The first-order valence-electron chi connectivity index (χ1n) is 7.45. The maximum Gasteiger partial charge on any atom is 0.236 e. The Bertz CT molecular complexity index is 740. The second-order valence-corrected chi connectivity index (χ2v) is 6.67. The summed E-state index contributed by atoms with van der Waals surface area (Å²) < 4.78 is 2.05. The highest BCUT2D eigenvalue weighted by molar-refractivity contribution is 6.07. The highest BCUT2D eigenvalue weighted by Gasteiger charge is 2.42. The van der Waals surface area contributed by atoms with E-state index in [0.29, 0.717) is 5.92 Å². The van der Waals surface area contributed by atoms with Gasteiger partial charge >= 0.3 is 0 Å². The van der Waals surface area contributed by atoms with E-state index in [1.54, 1.807) is 4.90 Å². The maximum absolute atomic E-state index is 12.3. The van der Waals surface area contributed by atoms with Crippen LogP contribution in [0, 0.1) is 0 Å². The summed E-state index contributed by atoms with van der Waals surface area (Å²) in [7, 11) is 1.85. The van der Waals surface area contributed by atoms with E-state index >= 15 is 0 Å². The van der Waals surface area contributed by atoms with Crippen LogP contribution >= 0.6 is 0 Å². The minimum atomic E-state index is -0.434. The molecule has 0 spiro atoms. The molecule has 0 N–H and O–H groups in total. The van der Waals surface area contributed by atoms with Gasteiger partial charge in [-0.2, -0.15) is 0 Å². The summed E-state index contributed by atoms with van der Waals surface area (Å²) in [6.45, 7) is 3.97. The van der Waals surface area contributed by atoms with Crippen molar-refractivity contribution in [2.45, 2.75) is 38.0 Å². The minimum absolute atomic E-state index is 0.152. The quantitative estimate of drug-likeness (QED) is 0.848. The van der Waals surface area contributed by atoms with Crippen LogP contribution in [0.3, 0.4) is 0 Å². The van der Waals surface area contributed by atoms with Gasteiger partial charge in [0.2, 0.25) is 5.91 Å². The zero-order valence-corrected chi connectivity index (χ0v) is 12.6. The number of rotatable bonds is 2. The van der Waals surface area contributed by atoms with Crippen molar-refractivity contribution < 1.29 is 4.79 Å². The van der Waals surface area contributed by atoms with Crippen LogP contribution in [-0.4, -0.2) is 22.5 Å². The zero-order chi connectivity index (χ0) is 14.8. The third-order valence-corrected chi connectivity index (χ3v) is 4.75. The van der Waals surface area contributed by atoms with Gasteiger partial charge in [-0.1, -0.05) is 6.07 Å². The first-order valence-corrected chi connectivity index (χ1v) is 7.45. The molecule has 21 heavy (non-hydrogen) atoms. The average Bonchev–Trinajstić information content (AvgIpc) is 3.18. The molecule has 1 amide bonds. The number of nitrogens with zero attached hydrogens (tertiary/aromatic N) is 3. The van der Waals surface area contributed by atoms with E-state index in [1.165, 1.54) is 18.5 Å². The van der Waals surface area contributed by atoms with E-state index < -0.39 is 5.41 Å². The molecule has 2 aromatic rings. The highest BCUT2D eigenvalue weighted by atomic mass is 16.2. The van der Waals surface area contributed by atoms with Crippen LogP contribution < -0.4 is 4.90 Å². The van der Waals surface area contributed by atoms with E-state index in [2.05, 4.69) is 33.9 Å². The summed E-state index contributed by atoms with van der Waals surface area (Å²) in [4.78, 5) is 18.6. The van der Waals surface area contributed by atoms with Gasteiger partial charge in [0.1, 0.15) is 0 Å². The van der Waals surface area contributed by atoms with Crippen molar-refractivity contribution in [1.82, 2.24) is 9.55 Å². The van der Waals surface area contributed by atoms with Crippen molar-refractivity contribution >= 4 is 11.6 Å². The number of carbonyl (C=O) groups excluding carboxylic acids is 1. The molecule has 4 heteroatoms. The van der Waals surface area contributed by atoms with E-state index in [0.717, 1.165) is 16.9 Å². The summed E-state index contributed by atoms with van der Waals surface area (Å²) in [5, 5.41) is 0. The lowest BCUT2D eigenvalue weighted by Gasteiger charge is -2.16. The topological polar surface area (TPSA) is 38.1 Å². The molecule has 1 aromatic carbocycles. The second-order valence-electron chi connectivity index (χ2n) is 6.67. The maximum atomic E-state index is 12.3. The smallest absolute Gasteiger partial charge is 0.236 e. The fraction of sp³-hybridized carbons (Fsp3) is 0.412. The summed E-state index contributed by atoms with van der Waals surface area (Å²) in [6, 6.07) is 6.23. The second kappa shape index (κ2) is 3.97. The van der Waals surface area contributed by atoms with Crippen molar-refractivity contribution in [2.75, 3.05) is 11.9 Å².